The lowest BCUT2D eigenvalue weighted by Gasteiger charge is -2.23. The molecule has 120 valence electrons. The molecule has 0 amide bonds. The number of nitrogens with one attached hydrogen (secondary N) is 2. The van der Waals surface area contributed by atoms with Gasteiger partial charge in [-0.05, 0) is 37.1 Å². The second-order valence-electron chi connectivity index (χ2n) is 6.63. The lowest BCUT2D eigenvalue weighted by molar-refractivity contribution is 0.351. The fourth-order valence-corrected chi connectivity index (χ4v) is 3.34. The highest BCUT2D eigenvalue weighted by atomic mass is 32.2. The lowest BCUT2D eigenvalue weighted by atomic mass is 9.93. The minimum atomic E-state index is -3.33. The van der Waals surface area contributed by atoms with Crippen LogP contribution in [0.1, 0.15) is 47.0 Å². The molecule has 0 heterocycles. The first-order valence-electron chi connectivity index (χ1n) is 7.64. The molecule has 0 unspecified atom stereocenters. The molecule has 1 saturated carbocycles. The van der Waals surface area contributed by atoms with Crippen molar-refractivity contribution in [2.45, 2.75) is 53.0 Å². The highest BCUT2D eigenvalue weighted by molar-refractivity contribution is 7.87. The van der Waals surface area contributed by atoms with Crippen molar-refractivity contribution in [2.24, 2.45) is 11.3 Å². The average molecular weight is 305 g/mol. The van der Waals surface area contributed by atoms with Crippen molar-refractivity contribution < 1.29 is 8.42 Å². The van der Waals surface area contributed by atoms with Crippen LogP contribution in [0.15, 0.2) is 0 Å². The van der Waals surface area contributed by atoms with Crippen molar-refractivity contribution in [3.05, 3.63) is 0 Å². The van der Waals surface area contributed by atoms with Crippen LogP contribution in [0.5, 0.6) is 0 Å². The number of nitrogens with zero attached hydrogens (tertiary/aromatic N) is 1. The van der Waals surface area contributed by atoms with E-state index in [1.165, 1.54) is 4.31 Å². The summed E-state index contributed by atoms with van der Waals surface area (Å²) in [7, 11) is -1.69. The monoisotopic (exact) mass is 305 g/mol. The molecule has 0 aliphatic heterocycles. The zero-order valence-electron chi connectivity index (χ0n) is 13.6. The molecule has 0 aromatic heterocycles. The highest BCUT2D eigenvalue weighted by Gasteiger charge is 2.45. The van der Waals surface area contributed by atoms with E-state index in [0.717, 1.165) is 25.8 Å². The smallest absolute Gasteiger partial charge is 0.279 e. The fraction of sp³-hybridized carbons (Fsp3) is 1.00. The van der Waals surface area contributed by atoms with Crippen molar-refractivity contribution >= 4 is 10.2 Å². The topological polar surface area (TPSA) is 61.4 Å². The second kappa shape index (κ2) is 7.20. The molecule has 1 aliphatic carbocycles. The van der Waals surface area contributed by atoms with Gasteiger partial charge in [0.2, 0.25) is 0 Å². The van der Waals surface area contributed by atoms with Crippen LogP contribution in [0, 0.1) is 11.3 Å². The van der Waals surface area contributed by atoms with Gasteiger partial charge < -0.3 is 5.32 Å². The normalized spacial score (nSPS) is 18.2. The molecule has 1 rings (SSSR count). The molecule has 0 saturated heterocycles. The van der Waals surface area contributed by atoms with Gasteiger partial charge >= 0.3 is 0 Å². The van der Waals surface area contributed by atoms with Gasteiger partial charge in [-0.15, -0.1) is 0 Å². The Balaban J connectivity index is 2.32. The van der Waals surface area contributed by atoms with Gasteiger partial charge in [-0.25, -0.2) is 4.72 Å². The molecule has 0 aromatic carbocycles. The zero-order valence-corrected chi connectivity index (χ0v) is 14.4. The van der Waals surface area contributed by atoms with E-state index in [4.69, 9.17) is 0 Å². The number of hydrogen-bond acceptors (Lipinski definition) is 3. The van der Waals surface area contributed by atoms with E-state index in [2.05, 4.69) is 37.7 Å². The van der Waals surface area contributed by atoms with Crippen LogP contribution in [0.4, 0.5) is 0 Å². The molecule has 2 N–H and O–H groups in total. The molecule has 0 aromatic rings. The van der Waals surface area contributed by atoms with Crippen LogP contribution in [0.3, 0.4) is 0 Å². The summed E-state index contributed by atoms with van der Waals surface area (Å²) in [5, 5.41) is 3.29. The Hall–Kier alpha value is -0.170. The van der Waals surface area contributed by atoms with Crippen molar-refractivity contribution in [3.8, 4) is 0 Å². The molecule has 0 spiro atoms. The molecule has 1 fully saturated rings. The first-order valence-corrected chi connectivity index (χ1v) is 9.08. The summed E-state index contributed by atoms with van der Waals surface area (Å²) in [6, 6.07) is 0.441. The van der Waals surface area contributed by atoms with E-state index < -0.39 is 10.2 Å². The van der Waals surface area contributed by atoms with Gasteiger partial charge in [-0.1, -0.05) is 27.7 Å². The third-order valence-electron chi connectivity index (χ3n) is 4.34. The van der Waals surface area contributed by atoms with E-state index in [1.54, 1.807) is 7.05 Å². The Labute approximate surface area is 124 Å². The van der Waals surface area contributed by atoms with Crippen LogP contribution >= 0.6 is 0 Å². The van der Waals surface area contributed by atoms with Crippen molar-refractivity contribution in [1.82, 2.24) is 14.3 Å². The molecule has 1 aliphatic rings. The summed E-state index contributed by atoms with van der Waals surface area (Å²) in [5.74, 6) is 0.533. The summed E-state index contributed by atoms with van der Waals surface area (Å²) in [5.41, 5.74) is 0.201. The Bertz CT molecular complexity index is 389. The van der Waals surface area contributed by atoms with Crippen LogP contribution in [-0.2, 0) is 10.2 Å². The average Bonchev–Trinajstić information content (AvgIpc) is 3.13. The standard InChI is InChI=1S/C14H31N3O2S/c1-12(2)14(7-8-14)11-16-20(18,19)17(5)10-6-9-15-13(3)4/h12-13,15-16H,6-11H2,1-5H3. The number of rotatable bonds is 10. The zero-order chi connectivity index (χ0) is 15.4. The van der Waals surface area contributed by atoms with Crippen molar-refractivity contribution in [2.75, 3.05) is 26.7 Å². The van der Waals surface area contributed by atoms with Crippen molar-refractivity contribution in [3.63, 3.8) is 0 Å². The quantitative estimate of drug-likeness (QED) is 0.602. The fourth-order valence-electron chi connectivity index (χ4n) is 2.28. The molecule has 6 heteroatoms. The SMILES string of the molecule is CC(C)NCCCN(C)S(=O)(=O)NCC1(C(C)C)CC1. The first-order chi connectivity index (χ1) is 9.19. The highest BCUT2D eigenvalue weighted by Crippen LogP contribution is 2.51. The molecular weight excluding hydrogens is 274 g/mol. The first kappa shape index (κ1) is 17.9. The lowest BCUT2D eigenvalue weighted by Crippen LogP contribution is -2.42. The van der Waals surface area contributed by atoms with Gasteiger partial charge in [-0.2, -0.15) is 12.7 Å². The minimum Gasteiger partial charge on any atom is -0.314 e. The summed E-state index contributed by atoms with van der Waals surface area (Å²) in [6.07, 6.45) is 3.09. The minimum absolute atomic E-state index is 0.201. The van der Waals surface area contributed by atoms with E-state index in [1.807, 2.05) is 0 Å². The van der Waals surface area contributed by atoms with Crippen molar-refractivity contribution in [1.29, 1.82) is 0 Å². The second-order valence-corrected chi connectivity index (χ2v) is 8.49. The molecule has 0 radical (unpaired) electrons. The summed E-state index contributed by atoms with van der Waals surface area (Å²) < 4.78 is 28.5. The Morgan fingerprint density at radius 1 is 1.20 bits per heavy atom. The molecule has 0 atom stereocenters. The van der Waals surface area contributed by atoms with Gasteiger partial charge in [0.1, 0.15) is 0 Å². The van der Waals surface area contributed by atoms with Gasteiger partial charge in [0, 0.05) is 26.2 Å². The van der Waals surface area contributed by atoms with Gasteiger partial charge in [0.05, 0.1) is 0 Å². The van der Waals surface area contributed by atoms with E-state index in [0.29, 0.717) is 25.0 Å². The predicted octanol–water partition coefficient (Wildman–Crippen LogP) is 1.58. The van der Waals surface area contributed by atoms with Gasteiger partial charge in [-0.3, -0.25) is 0 Å². The maximum atomic E-state index is 12.2. The molecule has 0 bridgehead atoms. The van der Waals surface area contributed by atoms with E-state index in [-0.39, 0.29) is 5.41 Å². The maximum Gasteiger partial charge on any atom is 0.279 e. The van der Waals surface area contributed by atoms with Crippen LogP contribution in [-0.4, -0.2) is 45.4 Å². The Kier molecular flexibility index (Phi) is 6.44. The maximum absolute atomic E-state index is 12.2. The van der Waals surface area contributed by atoms with Gasteiger partial charge in [0.25, 0.3) is 10.2 Å². The van der Waals surface area contributed by atoms with Crippen LogP contribution < -0.4 is 10.0 Å². The van der Waals surface area contributed by atoms with E-state index in [9.17, 15) is 8.42 Å². The number of hydrogen-bond donors (Lipinski definition) is 2. The largest absolute Gasteiger partial charge is 0.314 e. The third-order valence-corrected chi connectivity index (χ3v) is 5.85. The van der Waals surface area contributed by atoms with Crippen LogP contribution in [0.25, 0.3) is 0 Å². The molecular formula is C14H31N3O2S. The third kappa shape index (κ3) is 5.31. The Morgan fingerprint density at radius 3 is 2.25 bits per heavy atom. The van der Waals surface area contributed by atoms with Gasteiger partial charge in [0.15, 0.2) is 0 Å². The molecule has 5 nitrogen and oxygen atoms in total. The summed E-state index contributed by atoms with van der Waals surface area (Å²) >= 11 is 0. The van der Waals surface area contributed by atoms with Crippen LogP contribution in [0.2, 0.25) is 0 Å². The Morgan fingerprint density at radius 2 is 1.80 bits per heavy atom. The summed E-state index contributed by atoms with van der Waals surface area (Å²) in [4.78, 5) is 0. The predicted molar refractivity (Wildman–Crippen MR) is 83.8 cm³/mol. The summed E-state index contributed by atoms with van der Waals surface area (Å²) in [6.45, 7) is 10.5. The molecule has 20 heavy (non-hydrogen) atoms. The van der Waals surface area contributed by atoms with E-state index >= 15 is 0 Å².